The number of nitrogens with zero attached hydrogens (tertiary/aromatic N) is 1. The quantitative estimate of drug-likeness (QED) is 0.466. The Morgan fingerprint density at radius 2 is 1.86 bits per heavy atom. The minimum Gasteiger partial charge on any atom is -0.494 e. The molecule has 0 aliphatic rings. The summed E-state index contributed by atoms with van der Waals surface area (Å²) in [6.45, 7) is 4.88. The average molecular weight is 285 g/mol. The fourth-order valence-electron chi connectivity index (χ4n) is 2.13. The smallest absolute Gasteiger partial charge is 0.119 e. The summed E-state index contributed by atoms with van der Waals surface area (Å²) in [6.07, 6.45) is 4.06. The number of hydrogen-bond donors (Lipinski definition) is 2. The highest BCUT2D eigenvalue weighted by Crippen LogP contribution is 2.23. The molecule has 0 fully saturated rings. The lowest BCUT2D eigenvalue weighted by atomic mass is 10.0. The van der Waals surface area contributed by atoms with E-state index in [1.807, 2.05) is 49.5 Å². The van der Waals surface area contributed by atoms with Gasteiger partial charge in [0.05, 0.1) is 12.6 Å². The van der Waals surface area contributed by atoms with Gasteiger partial charge in [-0.05, 0) is 42.7 Å². The summed E-state index contributed by atoms with van der Waals surface area (Å²) in [5.41, 5.74) is 5.97. The van der Waals surface area contributed by atoms with Crippen molar-refractivity contribution in [1.29, 1.82) is 0 Å². The van der Waals surface area contributed by atoms with Crippen molar-refractivity contribution in [3.63, 3.8) is 0 Å². The van der Waals surface area contributed by atoms with Crippen LogP contribution in [0.1, 0.15) is 42.6 Å². The van der Waals surface area contributed by atoms with Gasteiger partial charge in [0.1, 0.15) is 5.75 Å². The monoisotopic (exact) mass is 285 g/mol. The molecule has 0 aliphatic carbocycles. The van der Waals surface area contributed by atoms with Crippen molar-refractivity contribution in [1.82, 2.24) is 10.4 Å². The first-order valence-electron chi connectivity index (χ1n) is 7.36. The van der Waals surface area contributed by atoms with Gasteiger partial charge in [-0.3, -0.25) is 10.8 Å². The van der Waals surface area contributed by atoms with E-state index in [1.165, 1.54) is 0 Å². The molecule has 2 aromatic rings. The fourth-order valence-corrected chi connectivity index (χ4v) is 2.13. The Balaban J connectivity index is 2.09. The zero-order valence-electron chi connectivity index (χ0n) is 12.7. The summed E-state index contributed by atoms with van der Waals surface area (Å²) in [6, 6.07) is 12.0. The van der Waals surface area contributed by atoms with Gasteiger partial charge in [-0.15, -0.1) is 0 Å². The number of benzene rings is 1. The number of hydrogen-bond acceptors (Lipinski definition) is 4. The third-order valence-corrected chi connectivity index (χ3v) is 3.41. The normalized spacial score (nSPS) is 12.1. The molecule has 4 heteroatoms. The van der Waals surface area contributed by atoms with Crippen LogP contribution < -0.4 is 16.0 Å². The summed E-state index contributed by atoms with van der Waals surface area (Å²) >= 11 is 0. The molecule has 0 spiro atoms. The van der Waals surface area contributed by atoms with Crippen molar-refractivity contribution in [3.8, 4) is 5.75 Å². The molecule has 0 radical (unpaired) electrons. The van der Waals surface area contributed by atoms with Gasteiger partial charge in [0.2, 0.25) is 0 Å². The van der Waals surface area contributed by atoms with Crippen molar-refractivity contribution in [2.45, 2.75) is 32.7 Å². The molecule has 0 saturated heterocycles. The Morgan fingerprint density at radius 1 is 1.14 bits per heavy atom. The molecule has 112 valence electrons. The number of pyridine rings is 1. The van der Waals surface area contributed by atoms with Crippen molar-refractivity contribution in [2.24, 2.45) is 5.84 Å². The van der Waals surface area contributed by atoms with Crippen LogP contribution in [0, 0.1) is 6.92 Å². The molecular weight excluding hydrogens is 262 g/mol. The van der Waals surface area contributed by atoms with Crippen LogP contribution in [0.3, 0.4) is 0 Å². The Hall–Kier alpha value is -1.91. The number of nitrogens with two attached hydrogens (primary N) is 1. The summed E-state index contributed by atoms with van der Waals surface area (Å²) in [5.74, 6) is 6.60. The van der Waals surface area contributed by atoms with Crippen LogP contribution >= 0.6 is 0 Å². The lowest BCUT2D eigenvalue weighted by molar-refractivity contribution is 0.309. The van der Waals surface area contributed by atoms with Crippen molar-refractivity contribution in [3.05, 3.63) is 59.4 Å². The Bertz CT molecular complexity index is 537. The second-order valence-electron chi connectivity index (χ2n) is 5.10. The van der Waals surface area contributed by atoms with Gasteiger partial charge >= 0.3 is 0 Å². The average Bonchev–Trinajstić information content (AvgIpc) is 2.52. The molecule has 1 unspecified atom stereocenters. The van der Waals surface area contributed by atoms with Crippen molar-refractivity contribution < 1.29 is 4.74 Å². The van der Waals surface area contributed by atoms with E-state index in [9.17, 15) is 0 Å². The molecule has 0 amide bonds. The third-order valence-electron chi connectivity index (χ3n) is 3.41. The zero-order chi connectivity index (χ0) is 15.1. The Kier molecular flexibility index (Phi) is 5.72. The van der Waals surface area contributed by atoms with E-state index < -0.39 is 0 Å². The van der Waals surface area contributed by atoms with Crippen LogP contribution in [0.15, 0.2) is 42.6 Å². The topological polar surface area (TPSA) is 60.2 Å². The molecule has 1 atom stereocenters. The van der Waals surface area contributed by atoms with Gasteiger partial charge in [-0.25, -0.2) is 5.43 Å². The number of rotatable bonds is 7. The Morgan fingerprint density at radius 3 is 2.43 bits per heavy atom. The van der Waals surface area contributed by atoms with E-state index in [1.54, 1.807) is 0 Å². The SMILES string of the molecule is CCCCOc1ccc(C(NN)c2ccc(C)nc2)cc1. The molecule has 3 N–H and O–H groups in total. The van der Waals surface area contributed by atoms with Crippen LogP contribution in [0.25, 0.3) is 0 Å². The maximum absolute atomic E-state index is 5.70. The van der Waals surface area contributed by atoms with Gasteiger partial charge in [0, 0.05) is 11.9 Å². The van der Waals surface area contributed by atoms with Gasteiger partial charge in [0.25, 0.3) is 0 Å². The standard InChI is InChI=1S/C17H23N3O/c1-3-4-11-21-16-9-7-14(8-10-16)17(20-18)15-6-5-13(2)19-12-15/h5-10,12,17,20H,3-4,11,18H2,1-2H3. The first-order valence-corrected chi connectivity index (χ1v) is 7.36. The summed E-state index contributed by atoms with van der Waals surface area (Å²) in [4.78, 5) is 4.32. The van der Waals surface area contributed by atoms with Gasteiger partial charge < -0.3 is 4.74 Å². The van der Waals surface area contributed by atoms with Crippen LogP contribution in [0.4, 0.5) is 0 Å². The predicted octanol–water partition coefficient (Wildman–Crippen LogP) is 3.12. The van der Waals surface area contributed by atoms with E-state index >= 15 is 0 Å². The molecule has 0 bridgehead atoms. The zero-order valence-corrected chi connectivity index (χ0v) is 12.7. The van der Waals surface area contributed by atoms with Gasteiger partial charge in [0.15, 0.2) is 0 Å². The van der Waals surface area contributed by atoms with Crippen LogP contribution in [0.5, 0.6) is 5.75 Å². The Labute approximate surface area is 126 Å². The second kappa shape index (κ2) is 7.76. The lowest BCUT2D eigenvalue weighted by Crippen LogP contribution is -2.28. The number of hydrazine groups is 1. The minimum atomic E-state index is -0.0669. The van der Waals surface area contributed by atoms with Crippen LogP contribution in [-0.2, 0) is 0 Å². The second-order valence-corrected chi connectivity index (χ2v) is 5.10. The van der Waals surface area contributed by atoms with E-state index in [-0.39, 0.29) is 6.04 Å². The van der Waals surface area contributed by atoms with E-state index in [0.717, 1.165) is 42.0 Å². The van der Waals surface area contributed by atoms with Crippen LogP contribution in [-0.4, -0.2) is 11.6 Å². The summed E-state index contributed by atoms with van der Waals surface area (Å²) in [7, 11) is 0. The highest BCUT2D eigenvalue weighted by Gasteiger charge is 2.12. The largest absolute Gasteiger partial charge is 0.494 e. The molecule has 2 rings (SSSR count). The van der Waals surface area contributed by atoms with E-state index in [0.29, 0.717) is 0 Å². The van der Waals surface area contributed by atoms with Crippen LogP contribution in [0.2, 0.25) is 0 Å². The molecule has 4 nitrogen and oxygen atoms in total. The summed E-state index contributed by atoms with van der Waals surface area (Å²) < 4.78 is 5.67. The number of unbranched alkanes of at least 4 members (excludes halogenated alkanes) is 1. The number of aryl methyl sites for hydroxylation is 1. The number of nitrogens with one attached hydrogen (secondary N) is 1. The minimum absolute atomic E-state index is 0.0669. The number of ether oxygens (including phenoxy) is 1. The molecule has 0 saturated carbocycles. The molecule has 21 heavy (non-hydrogen) atoms. The van der Waals surface area contributed by atoms with Crippen molar-refractivity contribution in [2.75, 3.05) is 6.61 Å². The van der Waals surface area contributed by atoms with Crippen molar-refractivity contribution >= 4 is 0 Å². The van der Waals surface area contributed by atoms with E-state index in [2.05, 4.69) is 17.3 Å². The highest BCUT2D eigenvalue weighted by molar-refractivity contribution is 5.34. The first-order chi connectivity index (χ1) is 10.2. The molecular formula is C17H23N3O. The molecule has 0 aliphatic heterocycles. The van der Waals surface area contributed by atoms with Gasteiger partial charge in [-0.2, -0.15) is 0 Å². The summed E-state index contributed by atoms with van der Waals surface area (Å²) in [5, 5.41) is 0. The fraction of sp³-hybridized carbons (Fsp3) is 0.353. The van der Waals surface area contributed by atoms with E-state index in [4.69, 9.17) is 10.6 Å². The number of aromatic nitrogens is 1. The highest BCUT2D eigenvalue weighted by atomic mass is 16.5. The lowest BCUT2D eigenvalue weighted by Gasteiger charge is -2.17. The maximum Gasteiger partial charge on any atom is 0.119 e. The molecule has 1 heterocycles. The van der Waals surface area contributed by atoms with Gasteiger partial charge in [-0.1, -0.05) is 31.5 Å². The first kappa shape index (κ1) is 15.5. The maximum atomic E-state index is 5.70. The molecule has 1 aromatic heterocycles. The molecule has 1 aromatic carbocycles. The third kappa shape index (κ3) is 4.28. The predicted molar refractivity (Wildman–Crippen MR) is 85.0 cm³/mol.